The summed E-state index contributed by atoms with van der Waals surface area (Å²) < 4.78 is 5.85. The van der Waals surface area contributed by atoms with E-state index in [1.165, 1.54) is 25.7 Å². The highest BCUT2D eigenvalue weighted by molar-refractivity contribution is 4.80. The van der Waals surface area contributed by atoms with Crippen LogP contribution in [0.4, 0.5) is 0 Å². The second-order valence-corrected chi connectivity index (χ2v) is 4.74. The predicted octanol–water partition coefficient (Wildman–Crippen LogP) is 2.58. The third-order valence-electron chi connectivity index (χ3n) is 2.93. The Hall–Kier alpha value is -0.0800. The van der Waals surface area contributed by atoms with Gasteiger partial charge < -0.3 is 10.1 Å². The molecule has 1 aliphatic rings. The Kier molecular flexibility index (Phi) is 5.49. The number of rotatable bonds is 6. The summed E-state index contributed by atoms with van der Waals surface area (Å²) in [6.07, 6.45) is 5.47. The van der Waals surface area contributed by atoms with Gasteiger partial charge in [-0.15, -0.1) is 0 Å². The summed E-state index contributed by atoms with van der Waals surface area (Å²) >= 11 is 0. The molecule has 2 unspecified atom stereocenters. The summed E-state index contributed by atoms with van der Waals surface area (Å²) in [6, 6.07) is 0.712. The van der Waals surface area contributed by atoms with E-state index in [0.29, 0.717) is 12.1 Å². The number of hydrogen-bond acceptors (Lipinski definition) is 2. The van der Waals surface area contributed by atoms with E-state index in [0.717, 1.165) is 19.1 Å². The highest BCUT2D eigenvalue weighted by Gasteiger charge is 2.24. The molecule has 0 amide bonds. The van der Waals surface area contributed by atoms with Crippen molar-refractivity contribution < 1.29 is 4.74 Å². The molecule has 0 radical (unpaired) electrons. The van der Waals surface area contributed by atoms with Crippen molar-refractivity contribution in [2.75, 3.05) is 13.2 Å². The summed E-state index contributed by atoms with van der Waals surface area (Å²) in [5, 5.41) is 3.49. The van der Waals surface area contributed by atoms with Crippen LogP contribution < -0.4 is 5.32 Å². The van der Waals surface area contributed by atoms with Gasteiger partial charge in [0.2, 0.25) is 0 Å². The molecule has 0 aromatic rings. The van der Waals surface area contributed by atoms with Gasteiger partial charge in [0.05, 0.1) is 6.10 Å². The molecular weight excluding hydrogens is 174 g/mol. The summed E-state index contributed by atoms with van der Waals surface area (Å²) in [5.74, 6) is 0.765. The van der Waals surface area contributed by atoms with Gasteiger partial charge in [-0.3, -0.25) is 0 Å². The third kappa shape index (κ3) is 4.43. The molecule has 84 valence electrons. The average Bonchev–Trinajstić information content (AvgIpc) is 2.53. The van der Waals surface area contributed by atoms with Gasteiger partial charge in [-0.25, -0.2) is 0 Å². The molecular formula is C12H25NO. The zero-order valence-corrected chi connectivity index (χ0v) is 9.88. The van der Waals surface area contributed by atoms with Crippen LogP contribution in [0.3, 0.4) is 0 Å². The predicted molar refractivity (Wildman–Crippen MR) is 60.5 cm³/mol. The van der Waals surface area contributed by atoms with Gasteiger partial charge in [-0.2, -0.15) is 0 Å². The Morgan fingerprint density at radius 1 is 1.36 bits per heavy atom. The molecule has 1 fully saturated rings. The van der Waals surface area contributed by atoms with Crippen LogP contribution in [0.1, 0.15) is 46.5 Å². The molecule has 0 aromatic heterocycles. The highest BCUT2D eigenvalue weighted by atomic mass is 16.5. The Morgan fingerprint density at radius 2 is 2.14 bits per heavy atom. The fourth-order valence-electron chi connectivity index (χ4n) is 2.04. The van der Waals surface area contributed by atoms with Crippen molar-refractivity contribution in [1.29, 1.82) is 0 Å². The maximum absolute atomic E-state index is 5.85. The van der Waals surface area contributed by atoms with Crippen LogP contribution in [-0.4, -0.2) is 25.3 Å². The molecule has 1 N–H and O–H groups in total. The first-order valence-electron chi connectivity index (χ1n) is 6.07. The van der Waals surface area contributed by atoms with Crippen molar-refractivity contribution in [1.82, 2.24) is 5.32 Å². The van der Waals surface area contributed by atoms with Gasteiger partial charge >= 0.3 is 0 Å². The molecule has 14 heavy (non-hydrogen) atoms. The van der Waals surface area contributed by atoms with Crippen molar-refractivity contribution in [3.05, 3.63) is 0 Å². The summed E-state index contributed by atoms with van der Waals surface area (Å²) in [5.41, 5.74) is 0. The van der Waals surface area contributed by atoms with Crippen molar-refractivity contribution in [2.24, 2.45) is 5.92 Å². The summed E-state index contributed by atoms with van der Waals surface area (Å²) in [7, 11) is 0. The Bertz CT molecular complexity index is 147. The van der Waals surface area contributed by atoms with Crippen molar-refractivity contribution in [3.8, 4) is 0 Å². The van der Waals surface area contributed by atoms with Gasteiger partial charge in [-0.1, -0.05) is 20.8 Å². The quantitative estimate of drug-likeness (QED) is 0.710. The molecule has 0 saturated heterocycles. The largest absolute Gasteiger partial charge is 0.378 e. The van der Waals surface area contributed by atoms with E-state index in [2.05, 4.69) is 26.1 Å². The van der Waals surface area contributed by atoms with Crippen molar-refractivity contribution in [2.45, 2.75) is 58.6 Å². The number of nitrogens with one attached hydrogen (secondary N) is 1. The van der Waals surface area contributed by atoms with Gasteiger partial charge in [0.15, 0.2) is 0 Å². The van der Waals surface area contributed by atoms with E-state index in [1.54, 1.807) is 0 Å². The van der Waals surface area contributed by atoms with Gasteiger partial charge in [0.1, 0.15) is 0 Å². The monoisotopic (exact) mass is 199 g/mol. The average molecular weight is 199 g/mol. The number of ether oxygens (including phenoxy) is 1. The maximum atomic E-state index is 5.85. The van der Waals surface area contributed by atoms with Crippen molar-refractivity contribution in [3.63, 3.8) is 0 Å². The molecule has 2 heteroatoms. The van der Waals surface area contributed by atoms with Gasteiger partial charge in [0, 0.05) is 12.6 Å². The highest BCUT2D eigenvalue weighted by Crippen LogP contribution is 2.22. The Balaban J connectivity index is 2.04. The normalized spacial score (nSPS) is 27.4. The van der Waals surface area contributed by atoms with E-state index >= 15 is 0 Å². The van der Waals surface area contributed by atoms with Crippen LogP contribution in [0.2, 0.25) is 0 Å². The maximum Gasteiger partial charge on any atom is 0.0590 e. The van der Waals surface area contributed by atoms with Crippen molar-refractivity contribution >= 4 is 0 Å². The SMILES string of the molecule is CCNC1CCC(OCCC(C)C)C1. The topological polar surface area (TPSA) is 21.3 Å². The van der Waals surface area contributed by atoms with E-state index in [-0.39, 0.29) is 0 Å². The van der Waals surface area contributed by atoms with Gasteiger partial charge in [0.25, 0.3) is 0 Å². The summed E-state index contributed by atoms with van der Waals surface area (Å²) in [4.78, 5) is 0. The third-order valence-corrected chi connectivity index (χ3v) is 2.93. The lowest BCUT2D eigenvalue weighted by molar-refractivity contribution is 0.0500. The minimum atomic E-state index is 0.526. The first kappa shape index (κ1) is 12.0. The van der Waals surface area contributed by atoms with E-state index in [1.807, 2.05) is 0 Å². The minimum absolute atomic E-state index is 0.526. The first-order valence-corrected chi connectivity index (χ1v) is 6.07. The molecule has 2 atom stereocenters. The molecule has 1 aliphatic carbocycles. The standard InChI is InChI=1S/C12H25NO/c1-4-13-11-5-6-12(9-11)14-8-7-10(2)3/h10-13H,4-9H2,1-3H3. The van der Waals surface area contributed by atoms with Gasteiger partial charge in [-0.05, 0) is 38.1 Å². The van der Waals surface area contributed by atoms with Crippen LogP contribution in [0.25, 0.3) is 0 Å². The zero-order valence-electron chi connectivity index (χ0n) is 9.88. The zero-order chi connectivity index (χ0) is 10.4. The van der Waals surface area contributed by atoms with E-state index in [4.69, 9.17) is 4.74 Å². The molecule has 0 aliphatic heterocycles. The first-order chi connectivity index (χ1) is 6.72. The fraction of sp³-hybridized carbons (Fsp3) is 1.00. The molecule has 0 aromatic carbocycles. The Labute approximate surface area is 88.4 Å². The lowest BCUT2D eigenvalue weighted by Gasteiger charge is -2.13. The van der Waals surface area contributed by atoms with Crippen LogP contribution in [-0.2, 0) is 4.74 Å². The lowest BCUT2D eigenvalue weighted by Crippen LogP contribution is -2.26. The van der Waals surface area contributed by atoms with Crippen LogP contribution in [0.5, 0.6) is 0 Å². The molecule has 0 heterocycles. The second kappa shape index (κ2) is 6.41. The van der Waals surface area contributed by atoms with Crippen LogP contribution in [0.15, 0.2) is 0 Å². The molecule has 1 saturated carbocycles. The Morgan fingerprint density at radius 3 is 2.79 bits per heavy atom. The van der Waals surface area contributed by atoms with E-state index < -0.39 is 0 Å². The molecule has 0 spiro atoms. The molecule has 2 nitrogen and oxygen atoms in total. The lowest BCUT2D eigenvalue weighted by atomic mass is 10.1. The second-order valence-electron chi connectivity index (χ2n) is 4.74. The molecule has 0 bridgehead atoms. The smallest absolute Gasteiger partial charge is 0.0590 e. The van der Waals surface area contributed by atoms with E-state index in [9.17, 15) is 0 Å². The number of hydrogen-bond donors (Lipinski definition) is 1. The summed E-state index contributed by atoms with van der Waals surface area (Å²) in [6.45, 7) is 8.70. The van der Waals surface area contributed by atoms with Crippen LogP contribution >= 0.6 is 0 Å². The fourth-order valence-corrected chi connectivity index (χ4v) is 2.04. The van der Waals surface area contributed by atoms with Crippen LogP contribution in [0, 0.1) is 5.92 Å². The molecule has 1 rings (SSSR count). The minimum Gasteiger partial charge on any atom is -0.378 e.